The molecule has 0 amide bonds. The molecule has 0 N–H and O–H groups in total. The van der Waals surface area contributed by atoms with E-state index in [1.54, 1.807) is 18.3 Å². The standard InChI is InChI=1S/C11H21BrN2O2S/c1-4-17(15,16)13(3)11-5-7-14(8-6-11)9-10(2)12/h11H,2,4-9H2,1,3H3. The van der Waals surface area contributed by atoms with E-state index in [2.05, 4.69) is 27.4 Å². The van der Waals surface area contributed by atoms with E-state index in [1.807, 2.05) is 0 Å². The SMILES string of the molecule is C=C(Br)CN1CCC(N(C)S(=O)(=O)CC)CC1. The van der Waals surface area contributed by atoms with E-state index in [0.717, 1.165) is 37.0 Å². The Hall–Kier alpha value is 0.0900. The molecule has 0 spiro atoms. The summed E-state index contributed by atoms with van der Waals surface area (Å²) in [5, 5.41) is 0. The van der Waals surface area contributed by atoms with Gasteiger partial charge in [0, 0.05) is 37.2 Å². The molecule has 0 aliphatic carbocycles. The van der Waals surface area contributed by atoms with E-state index in [9.17, 15) is 8.42 Å². The van der Waals surface area contributed by atoms with Gasteiger partial charge in [0.15, 0.2) is 0 Å². The number of hydrogen-bond donors (Lipinski definition) is 0. The lowest BCUT2D eigenvalue weighted by Gasteiger charge is -2.35. The van der Waals surface area contributed by atoms with Crippen molar-refractivity contribution in [3.63, 3.8) is 0 Å². The van der Waals surface area contributed by atoms with E-state index < -0.39 is 10.0 Å². The zero-order chi connectivity index (χ0) is 13.1. The van der Waals surface area contributed by atoms with Crippen LogP contribution in [-0.2, 0) is 10.0 Å². The monoisotopic (exact) mass is 324 g/mol. The van der Waals surface area contributed by atoms with Gasteiger partial charge in [-0.25, -0.2) is 12.7 Å². The van der Waals surface area contributed by atoms with E-state index in [4.69, 9.17) is 0 Å². The highest BCUT2D eigenvalue weighted by atomic mass is 79.9. The summed E-state index contributed by atoms with van der Waals surface area (Å²) < 4.78 is 26.0. The second kappa shape index (κ2) is 6.31. The molecule has 1 saturated heterocycles. The van der Waals surface area contributed by atoms with Gasteiger partial charge in [0.25, 0.3) is 0 Å². The second-order valence-electron chi connectivity index (χ2n) is 4.44. The lowest BCUT2D eigenvalue weighted by atomic mass is 10.1. The zero-order valence-corrected chi connectivity index (χ0v) is 12.9. The molecule has 0 aromatic heterocycles. The Morgan fingerprint density at radius 1 is 1.47 bits per heavy atom. The first kappa shape index (κ1) is 15.1. The Morgan fingerprint density at radius 2 is 2.00 bits per heavy atom. The molecule has 1 fully saturated rings. The highest BCUT2D eigenvalue weighted by Gasteiger charge is 2.28. The van der Waals surface area contributed by atoms with Crippen molar-refractivity contribution < 1.29 is 8.42 Å². The van der Waals surface area contributed by atoms with Crippen LogP contribution in [0.3, 0.4) is 0 Å². The minimum Gasteiger partial charge on any atom is -0.298 e. The predicted molar refractivity (Wildman–Crippen MR) is 74.8 cm³/mol. The molecule has 1 aliphatic heterocycles. The number of rotatable bonds is 5. The summed E-state index contributed by atoms with van der Waals surface area (Å²) in [6, 6.07) is 0.153. The fourth-order valence-electron chi connectivity index (χ4n) is 2.11. The maximum atomic E-state index is 11.7. The average molecular weight is 325 g/mol. The van der Waals surface area contributed by atoms with Gasteiger partial charge in [0.2, 0.25) is 10.0 Å². The number of halogens is 1. The number of sulfonamides is 1. The maximum absolute atomic E-state index is 11.7. The van der Waals surface area contributed by atoms with Crippen molar-refractivity contribution >= 4 is 26.0 Å². The molecular formula is C11H21BrN2O2S. The number of hydrogen-bond acceptors (Lipinski definition) is 3. The van der Waals surface area contributed by atoms with Crippen LogP contribution in [0.2, 0.25) is 0 Å². The summed E-state index contributed by atoms with van der Waals surface area (Å²) >= 11 is 3.35. The lowest BCUT2D eigenvalue weighted by molar-refractivity contribution is 0.182. The smallest absolute Gasteiger partial charge is 0.213 e. The summed E-state index contributed by atoms with van der Waals surface area (Å²) in [5.74, 6) is 0.182. The van der Waals surface area contributed by atoms with Crippen LogP contribution < -0.4 is 0 Å². The van der Waals surface area contributed by atoms with Crippen molar-refractivity contribution in [3.05, 3.63) is 11.1 Å². The minimum absolute atomic E-state index is 0.153. The quantitative estimate of drug-likeness (QED) is 0.772. The largest absolute Gasteiger partial charge is 0.298 e. The first-order chi connectivity index (χ1) is 7.86. The molecule has 0 aromatic carbocycles. The van der Waals surface area contributed by atoms with Gasteiger partial charge in [-0.05, 0) is 19.8 Å². The zero-order valence-electron chi connectivity index (χ0n) is 10.5. The molecule has 17 heavy (non-hydrogen) atoms. The van der Waals surface area contributed by atoms with Crippen LogP contribution >= 0.6 is 15.9 Å². The molecule has 0 unspecified atom stereocenters. The van der Waals surface area contributed by atoms with Gasteiger partial charge in [0.05, 0.1) is 5.75 Å². The highest BCUT2D eigenvalue weighted by molar-refractivity contribution is 9.11. The topological polar surface area (TPSA) is 40.6 Å². The summed E-state index contributed by atoms with van der Waals surface area (Å²) in [7, 11) is -1.35. The second-order valence-corrected chi connectivity index (χ2v) is 7.88. The van der Waals surface area contributed by atoms with Crippen LogP contribution in [0.1, 0.15) is 19.8 Å². The Bertz CT molecular complexity index is 362. The summed E-state index contributed by atoms with van der Waals surface area (Å²) in [6.45, 7) is 8.22. The van der Waals surface area contributed by atoms with E-state index in [0.29, 0.717) is 0 Å². The van der Waals surface area contributed by atoms with Gasteiger partial charge < -0.3 is 0 Å². The van der Waals surface area contributed by atoms with Crippen LogP contribution in [0.5, 0.6) is 0 Å². The fraction of sp³-hybridized carbons (Fsp3) is 0.818. The average Bonchev–Trinajstić information content (AvgIpc) is 2.28. The summed E-state index contributed by atoms with van der Waals surface area (Å²) in [5.41, 5.74) is 0. The Labute approximate surface area is 113 Å². The molecule has 1 heterocycles. The van der Waals surface area contributed by atoms with Crippen molar-refractivity contribution in [2.45, 2.75) is 25.8 Å². The van der Waals surface area contributed by atoms with E-state index in [-0.39, 0.29) is 11.8 Å². The Kier molecular flexibility index (Phi) is 5.63. The third kappa shape index (κ3) is 4.35. The van der Waals surface area contributed by atoms with Crippen LogP contribution in [0.4, 0.5) is 0 Å². The van der Waals surface area contributed by atoms with Crippen LogP contribution in [0.25, 0.3) is 0 Å². The molecule has 1 rings (SSSR count). The summed E-state index contributed by atoms with van der Waals surface area (Å²) in [6.07, 6.45) is 1.80. The van der Waals surface area contributed by atoms with E-state index >= 15 is 0 Å². The van der Waals surface area contributed by atoms with Gasteiger partial charge in [-0.3, -0.25) is 4.90 Å². The van der Waals surface area contributed by atoms with Crippen molar-refractivity contribution in [1.29, 1.82) is 0 Å². The van der Waals surface area contributed by atoms with Crippen LogP contribution in [-0.4, -0.2) is 56.1 Å². The molecular weight excluding hydrogens is 304 g/mol. The molecule has 100 valence electrons. The molecule has 6 heteroatoms. The minimum atomic E-state index is -3.05. The third-order valence-electron chi connectivity index (χ3n) is 3.27. The number of likely N-dealkylation sites (tertiary alicyclic amines) is 1. The van der Waals surface area contributed by atoms with Gasteiger partial charge >= 0.3 is 0 Å². The molecule has 0 radical (unpaired) electrons. The molecule has 0 atom stereocenters. The molecule has 4 nitrogen and oxygen atoms in total. The normalized spacial score (nSPS) is 19.8. The maximum Gasteiger partial charge on any atom is 0.213 e. The molecule has 0 aromatic rings. The lowest BCUT2D eigenvalue weighted by Crippen LogP contribution is -2.46. The fourth-order valence-corrected chi connectivity index (χ4v) is 3.54. The van der Waals surface area contributed by atoms with Gasteiger partial charge in [-0.2, -0.15) is 0 Å². The van der Waals surface area contributed by atoms with Gasteiger partial charge in [-0.1, -0.05) is 22.5 Å². The third-order valence-corrected chi connectivity index (χ3v) is 5.43. The van der Waals surface area contributed by atoms with Crippen molar-refractivity contribution in [3.8, 4) is 0 Å². The first-order valence-electron chi connectivity index (χ1n) is 5.88. The predicted octanol–water partition coefficient (Wildman–Crippen LogP) is 1.64. The van der Waals surface area contributed by atoms with Crippen LogP contribution in [0, 0.1) is 0 Å². The van der Waals surface area contributed by atoms with E-state index in [1.165, 1.54) is 0 Å². The Balaban J connectivity index is 2.49. The number of piperidine rings is 1. The van der Waals surface area contributed by atoms with Crippen molar-refractivity contribution in [2.24, 2.45) is 0 Å². The molecule has 1 aliphatic rings. The van der Waals surface area contributed by atoms with Crippen molar-refractivity contribution in [2.75, 3.05) is 32.4 Å². The first-order valence-corrected chi connectivity index (χ1v) is 8.28. The summed E-state index contributed by atoms with van der Waals surface area (Å²) in [4.78, 5) is 2.29. The van der Waals surface area contributed by atoms with Gasteiger partial charge in [0.1, 0.15) is 0 Å². The van der Waals surface area contributed by atoms with Crippen molar-refractivity contribution in [1.82, 2.24) is 9.21 Å². The molecule has 0 bridgehead atoms. The number of nitrogens with zero attached hydrogens (tertiary/aromatic N) is 2. The highest BCUT2D eigenvalue weighted by Crippen LogP contribution is 2.19. The Morgan fingerprint density at radius 3 is 2.41 bits per heavy atom. The molecule has 0 saturated carbocycles. The van der Waals surface area contributed by atoms with Gasteiger partial charge in [-0.15, -0.1) is 0 Å². The van der Waals surface area contributed by atoms with Crippen LogP contribution in [0.15, 0.2) is 11.1 Å².